The molecule has 0 saturated heterocycles. The van der Waals surface area contributed by atoms with Crippen molar-refractivity contribution in [3.63, 3.8) is 0 Å². The third-order valence-corrected chi connectivity index (χ3v) is 4.55. The van der Waals surface area contributed by atoms with Crippen LogP contribution in [0.3, 0.4) is 0 Å². The van der Waals surface area contributed by atoms with Crippen LogP contribution in [-0.4, -0.2) is 36.1 Å². The van der Waals surface area contributed by atoms with E-state index in [1.165, 1.54) is 0 Å². The van der Waals surface area contributed by atoms with Crippen molar-refractivity contribution in [2.45, 2.75) is 20.4 Å². The molecule has 0 unspecified atom stereocenters. The number of ether oxygens (including phenoxy) is 2. The number of pyridine rings is 1. The minimum Gasteiger partial charge on any atom is -0.493 e. The van der Waals surface area contributed by atoms with Crippen LogP contribution in [-0.2, 0) is 6.54 Å². The molecule has 0 aliphatic rings. The lowest BCUT2D eigenvalue weighted by Gasteiger charge is -2.21. The molecule has 0 atom stereocenters. The van der Waals surface area contributed by atoms with Gasteiger partial charge in [-0.3, -0.25) is 9.59 Å². The number of hydrogen-bond acceptors (Lipinski definition) is 4. The summed E-state index contributed by atoms with van der Waals surface area (Å²) in [6.07, 6.45) is 0. The van der Waals surface area contributed by atoms with E-state index < -0.39 is 0 Å². The Labute approximate surface area is 163 Å². The molecule has 1 aromatic heterocycles. The minimum absolute atomic E-state index is 0.137. The highest BCUT2D eigenvalue weighted by molar-refractivity contribution is 5.97. The van der Waals surface area contributed by atoms with Crippen LogP contribution in [0, 0.1) is 0 Å². The number of nitrogens with zero attached hydrogens (tertiary/aromatic N) is 1. The Kier molecular flexibility index (Phi) is 5.99. The number of benzene rings is 2. The Morgan fingerprint density at radius 1 is 1.07 bits per heavy atom. The molecule has 28 heavy (non-hydrogen) atoms. The zero-order valence-electron chi connectivity index (χ0n) is 16.3. The molecule has 0 saturated carbocycles. The number of carbonyl (C=O) groups excluding carboxylic acids is 1. The van der Waals surface area contributed by atoms with E-state index in [1.807, 2.05) is 56.3 Å². The van der Waals surface area contributed by atoms with Gasteiger partial charge in [-0.15, -0.1) is 0 Å². The molecule has 0 bridgehead atoms. The fraction of sp³-hybridized carbons (Fsp3) is 0.273. The predicted molar refractivity (Wildman–Crippen MR) is 109 cm³/mol. The first kappa shape index (κ1) is 19.5. The topological polar surface area (TPSA) is 71.6 Å². The van der Waals surface area contributed by atoms with Crippen molar-refractivity contribution in [1.29, 1.82) is 0 Å². The van der Waals surface area contributed by atoms with E-state index in [0.29, 0.717) is 36.7 Å². The van der Waals surface area contributed by atoms with Crippen LogP contribution < -0.4 is 15.0 Å². The van der Waals surface area contributed by atoms with Crippen LogP contribution in [0.15, 0.2) is 53.3 Å². The average molecular weight is 380 g/mol. The Balaban J connectivity index is 1.88. The van der Waals surface area contributed by atoms with Crippen molar-refractivity contribution < 1.29 is 14.3 Å². The van der Waals surface area contributed by atoms with E-state index in [4.69, 9.17) is 9.47 Å². The number of rotatable bonds is 7. The number of H-pyrrole nitrogens is 1. The molecule has 3 aromatic rings. The summed E-state index contributed by atoms with van der Waals surface area (Å²) in [6.45, 7) is 5.18. The lowest BCUT2D eigenvalue weighted by molar-refractivity contribution is 0.0751. The molecule has 0 aliphatic heterocycles. The van der Waals surface area contributed by atoms with Gasteiger partial charge in [-0.25, -0.2) is 0 Å². The molecule has 1 amide bonds. The number of nitrogens with one attached hydrogen (secondary N) is 1. The standard InChI is InChI=1S/C22H24N2O4/c1-4-24(14-15-10-11-19(28-5-2)20(12-15)27-3)22(26)17-13-16-8-6-7-9-18(16)23-21(17)25/h6-13H,4-5,14H2,1-3H3,(H,23,25). The van der Waals surface area contributed by atoms with Crippen molar-refractivity contribution in [2.24, 2.45) is 0 Å². The van der Waals surface area contributed by atoms with Gasteiger partial charge in [0.1, 0.15) is 5.56 Å². The second-order valence-electron chi connectivity index (χ2n) is 6.34. The van der Waals surface area contributed by atoms with Crippen LogP contribution >= 0.6 is 0 Å². The van der Waals surface area contributed by atoms with E-state index in [0.717, 1.165) is 10.9 Å². The number of methoxy groups -OCH3 is 1. The summed E-state index contributed by atoms with van der Waals surface area (Å²) >= 11 is 0. The number of aromatic amines is 1. The first-order chi connectivity index (χ1) is 13.6. The molecule has 0 spiro atoms. The molecule has 0 aliphatic carbocycles. The number of para-hydroxylation sites is 1. The minimum atomic E-state index is -0.383. The van der Waals surface area contributed by atoms with E-state index in [1.54, 1.807) is 18.1 Å². The number of amides is 1. The molecule has 2 aromatic carbocycles. The summed E-state index contributed by atoms with van der Waals surface area (Å²) in [7, 11) is 1.58. The third kappa shape index (κ3) is 4.01. The van der Waals surface area contributed by atoms with Gasteiger partial charge in [0.05, 0.1) is 13.7 Å². The molecule has 1 heterocycles. The van der Waals surface area contributed by atoms with Gasteiger partial charge in [-0.05, 0) is 49.1 Å². The van der Waals surface area contributed by atoms with E-state index in [-0.39, 0.29) is 17.0 Å². The quantitative estimate of drug-likeness (QED) is 0.680. The van der Waals surface area contributed by atoms with Crippen LogP contribution in [0.25, 0.3) is 10.9 Å². The molecule has 6 heteroatoms. The fourth-order valence-corrected chi connectivity index (χ4v) is 3.11. The summed E-state index contributed by atoms with van der Waals surface area (Å²) < 4.78 is 10.9. The third-order valence-electron chi connectivity index (χ3n) is 4.55. The average Bonchev–Trinajstić information content (AvgIpc) is 2.72. The number of aromatic nitrogens is 1. The zero-order valence-corrected chi connectivity index (χ0v) is 16.3. The summed E-state index contributed by atoms with van der Waals surface area (Å²) in [5.74, 6) is 0.975. The van der Waals surface area contributed by atoms with Crippen LogP contribution in [0.4, 0.5) is 0 Å². The Hall–Kier alpha value is -3.28. The molecule has 146 valence electrons. The highest BCUT2D eigenvalue weighted by Gasteiger charge is 2.19. The summed E-state index contributed by atoms with van der Waals surface area (Å²) in [4.78, 5) is 29.9. The maximum atomic E-state index is 13.0. The first-order valence-electron chi connectivity index (χ1n) is 9.28. The SMILES string of the molecule is CCOc1ccc(CN(CC)C(=O)c2cc3ccccc3[nH]c2=O)cc1OC. The summed E-state index contributed by atoms with van der Waals surface area (Å²) in [5, 5.41) is 0.823. The van der Waals surface area contributed by atoms with Gasteiger partial charge in [0.25, 0.3) is 11.5 Å². The molecule has 0 fully saturated rings. The molecule has 0 radical (unpaired) electrons. The van der Waals surface area contributed by atoms with Crippen molar-refractivity contribution in [2.75, 3.05) is 20.3 Å². The lowest BCUT2D eigenvalue weighted by atomic mass is 10.1. The van der Waals surface area contributed by atoms with Gasteiger partial charge in [-0.1, -0.05) is 24.3 Å². The fourth-order valence-electron chi connectivity index (χ4n) is 3.11. The maximum Gasteiger partial charge on any atom is 0.261 e. The largest absolute Gasteiger partial charge is 0.493 e. The van der Waals surface area contributed by atoms with Gasteiger partial charge in [0.2, 0.25) is 0 Å². The molecule has 1 N–H and O–H groups in total. The number of fused-ring (bicyclic) bond motifs is 1. The van der Waals surface area contributed by atoms with Crippen molar-refractivity contribution in [3.05, 3.63) is 70.0 Å². The lowest BCUT2D eigenvalue weighted by Crippen LogP contribution is -2.34. The maximum absolute atomic E-state index is 13.0. The highest BCUT2D eigenvalue weighted by atomic mass is 16.5. The number of hydrogen-bond donors (Lipinski definition) is 1. The summed E-state index contributed by atoms with van der Waals surface area (Å²) in [5.41, 5.74) is 1.36. The van der Waals surface area contributed by atoms with Gasteiger partial charge in [0.15, 0.2) is 11.5 Å². The molecule has 3 rings (SSSR count). The van der Waals surface area contributed by atoms with Crippen molar-refractivity contribution in [1.82, 2.24) is 9.88 Å². The number of carbonyl (C=O) groups is 1. The zero-order chi connectivity index (χ0) is 20.1. The van der Waals surface area contributed by atoms with Crippen molar-refractivity contribution in [3.8, 4) is 11.5 Å². The van der Waals surface area contributed by atoms with Crippen LogP contribution in [0.2, 0.25) is 0 Å². The molecular weight excluding hydrogens is 356 g/mol. The van der Waals surface area contributed by atoms with Gasteiger partial charge >= 0.3 is 0 Å². The highest BCUT2D eigenvalue weighted by Crippen LogP contribution is 2.28. The Bertz CT molecular complexity index is 1040. The molecular formula is C22H24N2O4. The van der Waals surface area contributed by atoms with Crippen LogP contribution in [0.5, 0.6) is 11.5 Å². The van der Waals surface area contributed by atoms with Gasteiger partial charge < -0.3 is 19.4 Å². The van der Waals surface area contributed by atoms with Crippen LogP contribution in [0.1, 0.15) is 29.8 Å². The monoisotopic (exact) mass is 380 g/mol. The van der Waals surface area contributed by atoms with E-state index >= 15 is 0 Å². The Morgan fingerprint density at radius 3 is 2.57 bits per heavy atom. The second kappa shape index (κ2) is 8.61. The Morgan fingerprint density at radius 2 is 1.86 bits per heavy atom. The molecule has 6 nitrogen and oxygen atoms in total. The predicted octanol–water partition coefficient (Wildman–Crippen LogP) is 3.60. The normalized spacial score (nSPS) is 10.7. The van der Waals surface area contributed by atoms with E-state index in [2.05, 4.69) is 4.98 Å². The second-order valence-corrected chi connectivity index (χ2v) is 6.34. The van der Waals surface area contributed by atoms with Gasteiger partial charge in [-0.2, -0.15) is 0 Å². The smallest absolute Gasteiger partial charge is 0.261 e. The van der Waals surface area contributed by atoms with Gasteiger partial charge in [0, 0.05) is 18.6 Å². The van der Waals surface area contributed by atoms with Crippen molar-refractivity contribution >= 4 is 16.8 Å². The first-order valence-corrected chi connectivity index (χ1v) is 9.28. The summed E-state index contributed by atoms with van der Waals surface area (Å²) in [6, 6.07) is 14.6. The van der Waals surface area contributed by atoms with E-state index in [9.17, 15) is 9.59 Å².